The van der Waals surface area contributed by atoms with Crippen LogP contribution in [0, 0.1) is 11.6 Å². The number of nitrogens with one attached hydrogen (secondary N) is 1. The SMILES string of the molecule is NNC(Cc1ccco1)c1cc(F)cc(F)c1. The van der Waals surface area contributed by atoms with Crippen LogP contribution in [-0.4, -0.2) is 0 Å². The summed E-state index contributed by atoms with van der Waals surface area (Å²) in [6, 6.07) is 6.44. The Labute approximate surface area is 97.2 Å². The summed E-state index contributed by atoms with van der Waals surface area (Å²) in [6.45, 7) is 0. The van der Waals surface area contributed by atoms with Crippen LogP contribution in [0.2, 0.25) is 0 Å². The quantitative estimate of drug-likeness (QED) is 0.634. The largest absolute Gasteiger partial charge is 0.469 e. The Morgan fingerprint density at radius 1 is 1.24 bits per heavy atom. The van der Waals surface area contributed by atoms with Crippen molar-refractivity contribution in [2.24, 2.45) is 5.84 Å². The van der Waals surface area contributed by atoms with E-state index in [9.17, 15) is 8.78 Å². The average molecular weight is 238 g/mol. The molecule has 5 heteroatoms. The maximum Gasteiger partial charge on any atom is 0.126 e. The third kappa shape index (κ3) is 2.89. The molecule has 0 bridgehead atoms. The zero-order chi connectivity index (χ0) is 12.3. The number of nitrogens with two attached hydrogens (primary N) is 1. The fraction of sp³-hybridized carbons (Fsp3) is 0.167. The van der Waals surface area contributed by atoms with E-state index in [2.05, 4.69) is 5.43 Å². The lowest BCUT2D eigenvalue weighted by molar-refractivity contribution is 0.451. The van der Waals surface area contributed by atoms with Crippen LogP contribution in [-0.2, 0) is 6.42 Å². The predicted molar refractivity (Wildman–Crippen MR) is 58.8 cm³/mol. The summed E-state index contributed by atoms with van der Waals surface area (Å²) in [7, 11) is 0. The Morgan fingerprint density at radius 3 is 2.47 bits per heavy atom. The molecule has 0 aliphatic carbocycles. The van der Waals surface area contributed by atoms with Crippen molar-refractivity contribution in [2.75, 3.05) is 0 Å². The first kappa shape index (κ1) is 11.8. The number of halogens is 2. The first-order valence-electron chi connectivity index (χ1n) is 5.13. The Morgan fingerprint density at radius 2 is 1.94 bits per heavy atom. The molecule has 90 valence electrons. The standard InChI is InChI=1S/C12H12F2N2O/c13-9-4-8(5-10(14)6-9)12(16-15)7-11-2-1-3-17-11/h1-6,12,16H,7,15H2. The molecular weight excluding hydrogens is 226 g/mol. The molecule has 1 atom stereocenters. The molecular formula is C12H12F2N2O. The van der Waals surface area contributed by atoms with E-state index < -0.39 is 17.7 Å². The van der Waals surface area contributed by atoms with Gasteiger partial charge in [0.2, 0.25) is 0 Å². The molecule has 1 heterocycles. The third-order valence-corrected chi connectivity index (χ3v) is 2.47. The average Bonchev–Trinajstić information content (AvgIpc) is 2.77. The number of hydrogen-bond acceptors (Lipinski definition) is 3. The van der Waals surface area contributed by atoms with Crippen molar-refractivity contribution in [3.63, 3.8) is 0 Å². The van der Waals surface area contributed by atoms with Gasteiger partial charge in [0.25, 0.3) is 0 Å². The van der Waals surface area contributed by atoms with Crippen LogP contribution in [0.1, 0.15) is 17.4 Å². The second-order valence-electron chi connectivity index (χ2n) is 3.71. The molecule has 0 aliphatic rings. The van der Waals surface area contributed by atoms with Crippen molar-refractivity contribution in [1.82, 2.24) is 5.43 Å². The molecule has 3 N–H and O–H groups in total. The van der Waals surface area contributed by atoms with Gasteiger partial charge in [0.05, 0.1) is 12.3 Å². The molecule has 0 fully saturated rings. The molecule has 0 amide bonds. The maximum atomic E-state index is 13.1. The van der Waals surface area contributed by atoms with E-state index in [1.807, 2.05) is 0 Å². The minimum atomic E-state index is -0.625. The van der Waals surface area contributed by atoms with Gasteiger partial charge in [0, 0.05) is 12.5 Å². The molecule has 0 aliphatic heterocycles. The summed E-state index contributed by atoms with van der Waals surface area (Å²) in [5, 5.41) is 0. The molecule has 0 saturated carbocycles. The lowest BCUT2D eigenvalue weighted by Crippen LogP contribution is -2.29. The summed E-state index contributed by atoms with van der Waals surface area (Å²) in [5.41, 5.74) is 2.96. The number of rotatable bonds is 4. The molecule has 0 radical (unpaired) electrons. The zero-order valence-corrected chi connectivity index (χ0v) is 8.99. The van der Waals surface area contributed by atoms with Gasteiger partial charge in [0.15, 0.2) is 0 Å². The van der Waals surface area contributed by atoms with E-state index >= 15 is 0 Å². The molecule has 0 saturated heterocycles. The maximum absolute atomic E-state index is 13.1. The van der Waals surface area contributed by atoms with E-state index in [0.717, 1.165) is 6.07 Å². The monoisotopic (exact) mass is 238 g/mol. The van der Waals surface area contributed by atoms with Crippen molar-refractivity contribution in [3.05, 3.63) is 59.6 Å². The van der Waals surface area contributed by atoms with E-state index in [1.54, 1.807) is 12.1 Å². The Bertz CT molecular complexity index is 465. The van der Waals surface area contributed by atoms with Crippen LogP contribution in [0.3, 0.4) is 0 Å². The second-order valence-corrected chi connectivity index (χ2v) is 3.71. The van der Waals surface area contributed by atoms with Gasteiger partial charge in [-0.2, -0.15) is 0 Å². The van der Waals surface area contributed by atoms with Gasteiger partial charge in [-0.3, -0.25) is 11.3 Å². The molecule has 2 rings (SSSR count). The summed E-state index contributed by atoms with van der Waals surface area (Å²) >= 11 is 0. The van der Waals surface area contributed by atoms with E-state index in [-0.39, 0.29) is 0 Å². The summed E-state index contributed by atoms with van der Waals surface area (Å²) in [5.74, 6) is 4.83. The summed E-state index contributed by atoms with van der Waals surface area (Å²) in [6.07, 6.45) is 1.96. The molecule has 2 aromatic rings. The number of benzene rings is 1. The highest BCUT2D eigenvalue weighted by Crippen LogP contribution is 2.20. The van der Waals surface area contributed by atoms with Crippen molar-refractivity contribution in [1.29, 1.82) is 0 Å². The summed E-state index contributed by atoms with van der Waals surface area (Å²) < 4.78 is 31.3. The Hall–Kier alpha value is -1.72. The van der Waals surface area contributed by atoms with E-state index in [1.165, 1.54) is 18.4 Å². The Balaban J connectivity index is 2.22. The first-order chi connectivity index (χ1) is 8.19. The smallest absolute Gasteiger partial charge is 0.126 e. The van der Waals surface area contributed by atoms with Gasteiger partial charge in [-0.1, -0.05) is 0 Å². The van der Waals surface area contributed by atoms with Crippen molar-refractivity contribution in [2.45, 2.75) is 12.5 Å². The van der Waals surface area contributed by atoms with Crippen LogP contribution in [0.25, 0.3) is 0 Å². The van der Waals surface area contributed by atoms with E-state index in [0.29, 0.717) is 17.7 Å². The Kier molecular flexibility index (Phi) is 3.51. The molecule has 1 unspecified atom stereocenters. The van der Waals surface area contributed by atoms with Gasteiger partial charge in [0.1, 0.15) is 17.4 Å². The highest BCUT2D eigenvalue weighted by molar-refractivity contribution is 5.22. The minimum absolute atomic E-state index is 0.397. The molecule has 0 spiro atoms. The van der Waals surface area contributed by atoms with Gasteiger partial charge >= 0.3 is 0 Å². The first-order valence-corrected chi connectivity index (χ1v) is 5.13. The molecule has 1 aromatic heterocycles. The fourth-order valence-corrected chi connectivity index (χ4v) is 1.68. The number of furan rings is 1. The lowest BCUT2D eigenvalue weighted by atomic mass is 10.0. The second kappa shape index (κ2) is 5.07. The van der Waals surface area contributed by atoms with Crippen LogP contribution < -0.4 is 11.3 Å². The minimum Gasteiger partial charge on any atom is -0.469 e. The van der Waals surface area contributed by atoms with Gasteiger partial charge in [-0.15, -0.1) is 0 Å². The van der Waals surface area contributed by atoms with Crippen molar-refractivity contribution in [3.8, 4) is 0 Å². The lowest BCUT2D eigenvalue weighted by Gasteiger charge is -2.15. The van der Waals surface area contributed by atoms with Gasteiger partial charge in [-0.25, -0.2) is 8.78 Å². The third-order valence-electron chi connectivity index (χ3n) is 2.47. The van der Waals surface area contributed by atoms with Crippen molar-refractivity contribution >= 4 is 0 Å². The number of hydrazine groups is 1. The van der Waals surface area contributed by atoms with Gasteiger partial charge in [-0.05, 0) is 29.8 Å². The predicted octanol–water partition coefficient (Wildman–Crippen LogP) is 2.30. The van der Waals surface area contributed by atoms with Crippen LogP contribution >= 0.6 is 0 Å². The fourth-order valence-electron chi connectivity index (χ4n) is 1.68. The summed E-state index contributed by atoms with van der Waals surface area (Å²) in [4.78, 5) is 0. The molecule has 3 nitrogen and oxygen atoms in total. The molecule has 17 heavy (non-hydrogen) atoms. The van der Waals surface area contributed by atoms with Crippen LogP contribution in [0.4, 0.5) is 8.78 Å². The number of hydrogen-bond donors (Lipinski definition) is 2. The van der Waals surface area contributed by atoms with Crippen LogP contribution in [0.15, 0.2) is 41.0 Å². The highest BCUT2D eigenvalue weighted by Gasteiger charge is 2.14. The normalized spacial score (nSPS) is 12.6. The van der Waals surface area contributed by atoms with E-state index in [4.69, 9.17) is 10.3 Å². The molecule has 1 aromatic carbocycles. The highest BCUT2D eigenvalue weighted by atomic mass is 19.1. The topological polar surface area (TPSA) is 51.2 Å². The van der Waals surface area contributed by atoms with Crippen LogP contribution in [0.5, 0.6) is 0 Å². The zero-order valence-electron chi connectivity index (χ0n) is 8.99. The van der Waals surface area contributed by atoms with Crippen molar-refractivity contribution < 1.29 is 13.2 Å². The van der Waals surface area contributed by atoms with Gasteiger partial charge < -0.3 is 4.42 Å².